The third-order valence-electron chi connectivity index (χ3n) is 5.91. The highest BCUT2D eigenvalue weighted by molar-refractivity contribution is 5.85. The molecule has 1 aliphatic carbocycles. The minimum absolute atomic E-state index is 0.0150. The van der Waals surface area contributed by atoms with E-state index >= 15 is 0 Å². The van der Waals surface area contributed by atoms with Crippen LogP contribution in [-0.4, -0.2) is 41.7 Å². The number of urea groups is 1. The van der Waals surface area contributed by atoms with E-state index in [9.17, 15) is 4.79 Å². The minimum Gasteiger partial charge on any atom is -0.376 e. The van der Waals surface area contributed by atoms with Crippen molar-refractivity contribution in [2.75, 3.05) is 19.7 Å². The van der Waals surface area contributed by atoms with E-state index in [4.69, 9.17) is 4.74 Å². The van der Waals surface area contributed by atoms with Crippen LogP contribution >= 0.6 is 0 Å². The van der Waals surface area contributed by atoms with Gasteiger partial charge < -0.3 is 19.9 Å². The average Bonchev–Trinajstić information content (AvgIpc) is 3.04. The summed E-state index contributed by atoms with van der Waals surface area (Å²) in [5, 5.41) is 4.26. The van der Waals surface area contributed by atoms with Gasteiger partial charge in [-0.05, 0) is 24.8 Å². The summed E-state index contributed by atoms with van der Waals surface area (Å²) in [5.41, 5.74) is 3.69. The van der Waals surface area contributed by atoms with Crippen molar-refractivity contribution < 1.29 is 9.53 Å². The first-order valence-corrected chi connectivity index (χ1v) is 9.95. The van der Waals surface area contributed by atoms with Gasteiger partial charge in [-0.25, -0.2) is 4.79 Å². The van der Waals surface area contributed by atoms with Crippen molar-refractivity contribution in [3.05, 3.63) is 35.5 Å². The van der Waals surface area contributed by atoms with Crippen molar-refractivity contribution in [2.45, 2.75) is 51.7 Å². The molecular formula is C21H29N3O2. The molecule has 2 heterocycles. The second-order valence-corrected chi connectivity index (χ2v) is 7.70. The Balaban J connectivity index is 1.28. The van der Waals surface area contributed by atoms with Gasteiger partial charge in [0.15, 0.2) is 0 Å². The summed E-state index contributed by atoms with van der Waals surface area (Å²) in [6, 6.07) is 8.34. The molecule has 1 saturated carbocycles. The highest BCUT2D eigenvalue weighted by atomic mass is 16.5. The zero-order valence-electron chi connectivity index (χ0n) is 15.6. The van der Waals surface area contributed by atoms with Crippen LogP contribution in [0, 0.1) is 5.92 Å². The fourth-order valence-electron chi connectivity index (χ4n) is 4.35. The van der Waals surface area contributed by atoms with E-state index in [-0.39, 0.29) is 6.03 Å². The summed E-state index contributed by atoms with van der Waals surface area (Å²) in [6.07, 6.45) is 6.25. The van der Waals surface area contributed by atoms with E-state index in [1.165, 1.54) is 35.9 Å². The van der Waals surface area contributed by atoms with Crippen molar-refractivity contribution in [1.29, 1.82) is 0 Å². The Bertz CT molecular complexity index is 770. The number of para-hydroxylation sites is 1. The van der Waals surface area contributed by atoms with E-state index in [1.54, 1.807) is 0 Å². The highest BCUT2D eigenvalue weighted by Crippen LogP contribution is 2.28. The number of hydrogen-bond donors (Lipinski definition) is 2. The van der Waals surface area contributed by atoms with Crippen molar-refractivity contribution >= 4 is 16.9 Å². The molecule has 26 heavy (non-hydrogen) atoms. The van der Waals surface area contributed by atoms with Crippen LogP contribution in [0.1, 0.15) is 43.9 Å². The van der Waals surface area contributed by atoms with Gasteiger partial charge in [-0.2, -0.15) is 0 Å². The van der Waals surface area contributed by atoms with Crippen molar-refractivity contribution in [1.82, 2.24) is 15.2 Å². The zero-order valence-corrected chi connectivity index (χ0v) is 15.6. The van der Waals surface area contributed by atoms with Crippen LogP contribution in [0.5, 0.6) is 0 Å². The Kier molecular flexibility index (Phi) is 5.16. The summed E-state index contributed by atoms with van der Waals surface area (Å²) < 4.78 is 6.00. The number of nitrogens with zero attached hydrogens (tertiary/aromatic N) is 1. The van der Waals surface area contributed by atoms with Crippen LogP contribution in [0.15, 0.2) is 24.3 Å². The van der Waals surface area contributed by atoms with E-state index in [0.29, 0.717) is 31.7 Å². The molecular weight excluding hydrogens is 326 g/mol. The van der Waals surface area contributed by atoms with Gasteiger partial charge in [0.1, 0.15) is 0 Å². The fraction of sp³-hybridized carbons (Fsp3) is 0.571. The molecule has 0 unspecified atom stereocenters. The highest BCUT2D eigenvalue weighted by Gasteiger charge is 2.24. The molecule has 4 rings (SSSR count). The van der Waals surface area contributed by atoms with Gasteiger partial charge in [0.25, 0.3) is 0 Å². The van der Waals surface area contributed by atoms with Gasteiger partial charge in [-0.15, -0.1) is 0 Å². The first-order chi connectivity index (χ1) is 12.7. The predicted molar refractivity (Wildman–Crippen MR) is 103 cm³/mol. The number of carbonyl (C=O) groups excluding carboxylic acids is 1. The van der Waals surface area contributed by atoms with E-state index < -0.39 is 0 Å². The maximum absolute atomic E-state index is 12.5. The quantitative estimate of drug-likeness (QED) is 0.819. The lowest BCUT2D eigenvalue weighted by Crippen LogP contribution is -2.44. The Labute approximate surface area is 155 Å². The lowest BCUT2D eigenvalue weighted by Gasteiger charge is -2.29. The Morgan fingerprint density at radius 2 is 2.15 bits per heavy atom. The molecule has 0 spiro atoms. The Morgan fingerprint density at radius 3 is 3.04 bits per heavy atom. The lowest BCUT2D eigenvalue weighted by atomic mass is 9.88. The number of amides is 2. The molecule has 1 fully saturated rings. The predicted octanol–water partition coefficient (Wildman–Crippen LogP) is 3.83. The maximum Gasteiger partial charge on any atom is 0.317 e. The molecule has 0 saturated heterocycles. The molecule has 2 aliphatic rings. The van der Waals surface area contributed by atoms with Crippen molar-refractivity contribution in [3.63, 3.8) is 0 Å². The third kappa shape index (κ3) is 3.58. The number of aromatic amines is 1. The number of carbonyl (C=O) groups is 1. The Morgan fingerprint density at radius 1 is 1.31 bits per heavy atom. The number of rotatable bonds is 4. The zero-order chi connectivity index (χ0) is 17.9. The van der Waals surface area contributed by atoms with E-state index in [1.807, 2.05) is 11.0 Å². The summed E-state index contributed by atoms with van der Waals surface area (Å²) >= 11 is 0. The largest absolute Gasteiger partial charge is 0.376 e. The topological polar surface area (TPSA) is 57.4 Å². The molecule has 5 nitrogen and oxygen atoms in total. The molecule has 2 aromatic rings. The van der Waals surface area contributed by atoms with Crippen LogP contribution in [0.3, 0.4) is 0 Å². The first-order valence-electron chi connectivity index (χ1n) is 9.95. The minimum atomic E-state index is 0.0150. The fourth-order valence-corrected chi connectivity index (χ4v) is 4.35. The second-order valence-electron chi connectivity index (χ2n) is 7.70. The van der Waals surface area contributed by atoms with Gasteiger partial charge in [0, 0.05) is 48.2 Å². The Hall–Kier alpha value is -2.01. The standard InChI is InChI=1S/C21H29N3O2/c1-15-6-2-5-9-20(15)26-13-11-22-21(25)24-12-10-19-17(14-24)16-7-3-4-8-18(16)23-19/h3-4,7-8,15,20,23H,2,5-6,9-14H2,1H3,(H,22,25)/t15-,20-/m1/s1. The number of ether oxygens (including phenoxy) is 1. The molecule has 2 amide bonds. The first kappa shape index (κ1) is 17.4. The number of nitrogens with one attached hydrogen (secondary N) is 2. The van der Waals surface area contributed by atoms with Gasteiger partial charge in [-0.3, -0.25) is 0 Å². The second kappa shape index (κ2) is 7.70. The number of aromatic nitrogens is 1. The number of benzene rings is 1. The summed E-state index contributed by atoms with van der Waals surface area (Å²) in [6.45, 7) is 4.89. The van der Waals surface area contributed by atoms with Crippen molar-refractivity contribution in [3.8, 4) is 0 Å². The molecule has 0 bridgehead atoms. The molecule has 1 aromatic carbocycles. The number of H-pyrrole nitrogens is 1. The van der Waals surface area contributed by atoms with Crippen molar-refractivity contribution in [2.24, 2.45) is 5.92 Å². The molecule has 2 N–H and O–H groups in total. The molecule has 1 aromatic heterocycles. The van der Waals surface area contributed by atoms with Crippen LogP contribution < -0.4 is 5.32 Å². The smallest absolute Gasteiger partial charge is 0.317 e. The molecule has 0 radical (unpaired) electrons. The van der Waals surface area contributed by atoms with Gasteiger partial charge in [0.2, 0.25) is 0 Å². The molecule has 5 heteroatoms. The van der Waals surface area contributed by atoms with E-state index in [0.717, 1.165) is 24.9 Å². The van der Waals surface area contributed by atoms with E-state index in [2.05, 4.69) is 35.4 Å². The average molecular weight is 355 g/mol. The van der Waals surface area contributed by atoms with Gasteiger partial charge in [-0.1, -0.05) is 38.0 Å². The maximum atomic E-state index is 12.5. The van der Waals surface area contributed by atoms with Crippen LogP contribution in [-0.2, 0) is 17.7 Å². The summed E-state index contributed by atoms with van der Waals surface area (Å²) in [7, 11) is 0. The van der Waals surface area contributed by atoms with Gasteiger partial charge in [0.05, 0.1) is 12.7 Å². The number of hydrogen-bond acceptors (Lipinski definition) is 2. The summed E-state index contributed by atoms with van der Waals surface area (Å²) in [5.74, 6) is 0.641. The molecule has 140 valence electrons. The molecule has 2 atom stereocenters. The van der Waals surface area contributed by atoms with Crippen LogP contribution in [0.4, 0.5) is 4.79 Å². The van der Waals surface area contributed by atoms with Crippen LogP contribution in [0.25, 0.3) is 10.9 Å². The summed E-state index contributed by atoms with van der Waals surface area (Å²) in [4.78, 5) is 17.9. The monoisotopic (exact) mass is 355 g/mol. The SMILES string of the molecule is C[C@@H]1CCCC[C@H]1OCCNC(=O)N1CCc2[nH]c3ccccc3c2C1. The van der Waals surface area contributed by atoms with Crippen LogP contribution in [0.2, 0.25) is 0 Å². The normalized spacial score (nSPS) is 23.0. The number of fused-ring (bicyclic) bond motifs is 3. The third-order valence-corrected chi connectivity index (χ3v) is 5.91. The lowest BCUT2D eigenvalue weighted by molar-refractivity contribution is -0.00274. The molecule has 1 aliphatic heterocycles. The van der Waals surface area contributed by atoms with Gasteiger partial charge >= 0.3 is 6.03 Å².